The maximum Gasteiger partial charge on any atom is 0.304 e. The van der Waals surface area contributed by atoms with Gasteiger partial charge >= 0.3 is 6.41 Å². The molecule has 0 radical (unpaired) electrons. The molecule has 0 amide bonds. The molecule has 3 heterocycles. The Morgan fingerprint density at radius 1 is 1.05 bits per heavy atom. The standard InChI is InChI=1S/C34H41N5O5/c1-4-7-29-28(20-22-10-12-23(13-11-22)26-8-5-6-9-27(26)31-36-33(41)44-37-31)32(40)38(30-18-19-35-39(29)30)24-14-16-25(17-15-24)43-21-34(2,3)42/h5-6,8-13,18-19,24-25,33,41-42H,4,7,14-17,20-21H2,1-3H3,(H,36,37). The van der Waals surface area contributed by atoms with Crippen molar-refractivity contribution in [1.82, 2.24) is 19.5 Å². The highest BCUT2D eigenvalue weighted by molar-refractivity contribution is 6.04. The Bertz CT molecular complexity index is 1690. The first-order chi connectivity index (χ1) is 21.2. The summed E-state index contributed by atoms with van der Waals surface area (Å²) in [5, 5.41) is 31.2. The highest BCUT2D eigenvalue weighted by Crippen LogP contribution is 2.32. The predicted molar refractivity (Wildman–Crippen MR) is 168 cm³/mol. The molecule has 6 rings (SSSR count). The van der Waals surface area contributed by atoms with Crippen LogP contribution >= 0.6 is 0 Å². The molecule has 10 heteroatoms. The van der Waals surface area contributed by atoms with Crippen molar-refractivity contribution < 1.29 is 19.8 Å². The molecule has 2 aromatic carbocycles. The summed E-state index contributed by atoms with van der Waals surface area (Å²) in [4.78, 5) is 19.3. The zero-order chi connectivity index (χ0) is 30.8. The average Bonchev–Trinajstić information content (AvgIpc) is 3.68. The molecule has 10 nitrogen and oxygen atoms in total. The molecule has 1 fully saturated rings. The zero-order valence-corrected chi connectivity index (χ0v) is 25.6. The number of nitrogens with zero attached hydrogens (tertiary/aromatic N) is 4. The lowest BCUT2D eigenvalue weighted by atomic mass is 9.92. The fourth-order valence-corrected chi connectivity index (χ4v) is 6.35. The largest absolute Gasteiger partial charge is 0.388 e. The summed E-state index contributed by atoms with van der Waals surface area (Å²) in [5.74, 6) is 0.479. The van der Waals surface area contributed by atoms with Crippen LogP contribution in [0.15, 0.2) is 70.7 Å². The van der Waals surface area contributed by atoms with Crippen LogP contribution in [0.25, 0.3) is 16.8 Å². The van der Waals surface area contributed by atoms with Gasteiger partial charge in [0.15, 0.2) is 5.84 Å². The summed E-state index contributed by atoms with van der Waals surface area (Å²) >= 11 is 0. The Kier molecular flexibility index (Phi) is 8.57. The summed E-state index contributed by atoms with van der Waals surface area (Å²) in [5.41, 5.74) is 5.61. The van der Waals surface area contributed by atoms with E-state index in [1.54, 1.807) is 20.0 Å². The smallest absolute Gasteiger partial charge is 0.304 e. The van der Waals surface area contributed by atoms with E-state index in [2.05, 4.69) is 46.8 Å². The quantitative estimate of drug-likeness (QED) is 0.245. The lowest BCUT2D eigenvalue weighted by molar-refractivity contribution is -0.0896. The molecule has 0 saturated heterocycles. The highest BCUT2D eigenvalue weighted by atomic mass is 16.7. The van der Waals surface area contributed by atoms with Crippen LogP contribution in [0.2, 0.25) is 0 Å². The number of benzene rings is 2. The summed E-state index contributed by atoms with van der Waals surface area (Å²) in [7, 11) is 0. The van der Waals surface area contributed by atoms with Gasteiger partial charge in [-0.05, 0) is 62.6 Å². The van der Waals surface area contributed by atoms with E-state index in [1.165, 1.54) is 0 Å². The third-order valence-corrected chi connectivity index (χ3v) is 8.45. The number of hydrogen-bond acceptors (Lipinski definition) is 8. The number of hydrogen-bond donors (Lipinski definition) is 3. The van der Waals surface area contributed by atoms with Crippen molar-refractivity contribution >= 4 is 11.5 Å². The van der Waals surface area contributed by atoms with Gasteiger partial charge in [0.25, 0.3) is 5.56 Å². The van der Waals surface area contributed by atoms with Crippen molar-refractivity contribution in [2.45, 2.75) is 89.9 Å². The van der Waals surface area contributed by atoms with Gasteiger partial charge in [-0.15, -0.1) is 0 Å². The van der Waals surface area contributed by atoms with Crippen molar-refractivity contribution in [2.24, 2.45) is 5.16 Å². The first-order valence-corrected chi connectivity index (χ1v) is 15.5. The summed E-state index contributed by atoms with van der Waals surface area (Å²) in [6, 6.07) is 18.1. The molecule has 232 valence electrons. The lowest BCUT2D eigenvalue weighted by Crippen LogP contribution is -2.36. The Morgan fingerprint density at radius 3 is 2.43 bits per heavy atom. The van der Waals surface area contributed by atoms with Crippen molar-refractivity contribution in [3.05, 3.63) is 93.5 Å². The molecule has 2 aliphatic rings. The SMILES string of the molecule is CCCc1c(Cc2ccc(-c3ccccc3C3=NOC(O)N3)cc2)c(=O)n(C2CCC(OCC(C)(C)O)CC2)c2ccnn12. The van der Waals surface area contributed by atoms with Gasteiger partial charge in [0.05, 0.1) is 30.2 Å². The molecule has 1 unspecified atom stereocenters. The highest BCUT2D eigenvalue weighted by Gasteiger charge is 2.29. The van der Waals surface area contributed by atoms with E-state index in [1.807, 2.05) is 39.4 Å². The molecule has 1 saturated carbocycles. The van der Waals surface area contributed by atoms with Crippen molar-refractivity contribution in [2.75, 3.05) is 6.61 Å². The lowest BCUT2D eigenvalue weighted by Gasteiger charge is -2.32. The molecule has 1 aliphatic carbocycles. The second kappa shape index (κ2) is 12.6. The van der Waals surface area contributed by atoms with Crippen LogP contribution in [0, 0.1) is 0 Å². The van der Waals surface area contributed by atoms with E-state index in [9.17, 15) is 15.0 Å². The Morgan fingerprint density at radius 2 is 1.77 bits per heavy atom. The normalized spacial score (nSPS) is 20.4. The predicted octanol–water partition coefficient (Wildman–Crippen LogP) is 4.53. The van der Waals surface area contributed by atoms with Crippen molar-refractivity contribution in [1.29, 1.82) is 0 Å². The van der Waals surface area contributed by atoms with Gasteiger partial charge in [-0.2, -0.15) is 5.10 Å². The number of amidine groups is 1. The van der Waals surface area contributed by atoms with E-state index in [0.717, 1.165) is 77.7 Å². The van der Waals surface area contributed by atoms with E-state index in [-0.39, 0.29) is 17.7 Å². The number of aryl methyl sites for hydroxylation is 1. The molecule has 1 aliphatic heterocycles. The minimum atomic E-state index is -1.16. The van der Waals surface area contributed by atoms with Crippen LogP contribution in [0.3, 0.4) is 0 Å². The average molecular weight is 600 g/mol. The molecule has 44 heavy (non-hydrogen) atoms. The molecular weight excluding hydrogens is 558 g/mol. The van der Waals surface area contributed by atoms with Gasteiger partial charge < -0.3 is 25.1 Å². The maximum atomic E-state index is 14.3. The molecule has 1 atom stereocenters. The van der Waals surface area contributed by atoms with Crippen molar-refractivity contribution in [3.63, 3.8) is 0 Å². The third-order valence-electron chi connectivity index (χ3n) is 8.45. The van der Waals surface area contributed by atoms with E-state index in [4.69, 9.17) is 9.57 Å². The Balaban J connectivity index is 1.29. The topological polar surface area (TPSA) is 123 Å². The maximum absolute atomic E-state index is 14.3. The molecule has 4 aromatic rings. The first kappa shape index (κ1) is 30.1. The second-order valence-electron chi connectivity index (χ2n) is 12.5. The monoisotopic (exact) mass is 599 g/mol. The van der Waals surface area contributed by atoms with Gasteiger partial charge in [-0.1, -0.05) is 67.0 Å². The number of ether oxygens (including phenoxy) is 1. The van der Waals surface area contributed by atoms with Gasteiger partial charge in [0.2, 0.25) is 0 Å². The van der Waals surface area contributed by atoms with Crippen LogP contribution in [-0.2, 0) is 22.4 Å². The van der Waals surface area contributed by atoms with Gasteiger partial charge in [-0.3, -0.25) is 9.36 Å². The summed E-state index contributed by atoms with van der Waals surface area (Å²) in [6.45, 7) is 5.94. The van der Waals surface area contributed by atoms with E-state index < -0.39 is 12.0 Å². The molecular formula is C34H41N5O5. The minimum absolute atomic E-state index is 0.0561. The number of fused-ring (bicyclic) bond motifs is 1. The van der Waals surface area contributed by atoms with Crippen LogP contribution in [0.4, 0.5) is 0 Å². The number of aromatic nitrogens is 3. The second-order valence-corrected chi connectivity index (χ2v) is 12.5. The number of aliphatic hydroxyl groups is 2. The molecule has 0 bridgehead atoms. The van der Waals surface area contributed by atoms with E-state index >= 15 is 0 Å². The van der Waals surface area contributed by atoms with Crippen LogP contribution in [0.5, 0.6) is 0 Å². The summed E-state index contributed by atoms with van der Waals surface area (Å²) < 4.78 is 9.92. The van der Waals surface area contributed by atoms with Crippen LogP contribution in [-0.4, -0.2) is 55.0 Å². The minimum Gasteiger partial charge on any atom is -0.388 e. The fraction of sp³-hybridized carbons (Fsp3) is 0.441. The fourth-order valence-electron chi connectivity index (χ4n) is 6.35. The third kappa shape index (κ3) is 6.29. The molecule has 0 spiro atoms. The van der Waals surface area contributed by atoms with Gasteiger partial charge in [0, 0.05) is 29.7 Å². The zero-order valence-electron chi connectivity index (χ0n) is 25.6. The first-order valence-electron chi connectivity index (χ1n) is 15.5. The number of aliphatic hydroxyl groups excluding tert-OH is 1. The van der Waals surface area contributed by atoms with E-state index in [0.29, 0.717) is 18.9 Å². The Hall–Kier alpha value is -3.99. The molecule has 2 aromatic heterocycles. The summed E-state index contributed by atoms with van der Waals surface area (Å²) in [6.07, 6.45) is 6.24. The number of nitrogens with one attached hydrogen (secondary N) is 1. The number of rotatable bonds is 10. The van der Waals surface area contributed by atoms with Crippen molar-refractivity contribution in [3.8, 4) is 11.1 Å². The van der Waals surface area contributed by atoms with Crippen LogP contribution in [0.1, 0.15) is 81.3 Å². The Labute approximate surface area is 256 Å². The van der Waals surface area contributed by atoms with Gasteiger partial charge in [0.1, 0.15) is 5.65 Å². The number of oxime groups is 1. The van der Waals surface area contributed by atoms with Gasteiger partial charge in [-0.25, -0.2) is 4.52 Å². The van der Waals surface area contributed by atoms with Crippen LogP contribution < -0.4 is 10.9 Å². The molecule has 3 N–H and O–H groups in total.